The predicted octanol–water partition coefficient (Wildman–Crippen LogP) is 2.79. The molecule has 0 heterocycles. The maximum atomic E-state index is 11.8. The molecule has 0 aliphatic rings. The van der Waals surface area contributed by atoms with Crippen molar-refractivity contribution in [2.45, 2.75) is 22.2 Å². The summed E-state index contributed by atoms with van der Waals surface area (Å²) in [6.45, 7) is 3.38. The zero-order valence-electron chi connectivity index (χ0n) is 9.52. The van der Waals surface area contributed by atoms with Crippen LogP contribution in [0.1, 0.15) is 24.2 Å². The molecular weight excluding hydrogens is 375 g/mol. The van der Waals surface area contributed by atoms with Crippen LogP contribution < -0.4 is 0 Å². The number of aliphatic hydroxyl groups excluding tert-OH is 1. The molecule has 2 atom stereocenters. The summed E-state index contributed by atoms with van der Waals surface area (Å²) in [6, 6.07) is 7.02. The largest absolute Gasteiger partial charge is 0.385 e. The monoisotopic (exact) mass is 388 g/mol. The van der Waals surface area contributed by atoms with Gasteiger partial charge in [-0.2, -0.15) is 0 Å². The Labute approximate surface area is 120 Å². The van der Waals surface area contributed by atoms with E-state index < -0.39 is 18.2 Å². The molecule has 2 unspecified atom stereocenters. The Morgan fingerprint density at radius 1 is 1.53 bits per heavy atom. The Morgan fingerprint density at radius 2 is 2.12 bits per heavy atom. The van der Waals surface area contributed by atoms with E-state index in [1.807, 2.05) is 13.0 Å². The van der Waals surface area contributed by atoms with Gasteiger partial charge in [-0.3, -0.25) is 0 Å². The first-order valence-corrected chi connectivity index (χ1v) is 8.18. The topological polar surface area (TPSA) is 54.4 Å². The number of hydrogen-bond donors (Lipinski definition) is 1. The van der Waals surface area contributed by atoms with Crippen molar-refractivity contribution in [3.63, 3.8) is 0 Å². The van der Waals surface area contributed by atoms with E-state index in [1.54, 1.807) is 40.8 Å². The van der Waals surface area contributed by atoms with Gasteiger partial charge < -0.3 is 5.11 Å². The first-order chi connectivity index (χ1) is 7.72. The number of sulfone groups is 1. The van der Waals surface area contributed by atoms with Gasteiger partial charge in [0.2, 0.25) is 2.21 Å². The maximum Gasteiger partial charge on any atom is 0.225 e. The van der Waals surface area contributed by atoms with Gasteiger partial charge in [0, 0.05) is 0 Å². The lowest BCUT2D eigenvalue weighted by Crippen LogP contribution is -2.34. The molecule has 0 aliphatic carbocycles. The fraction of sp³-hybridized carbons (Fsp3) is 0.455. The van der Waals surface area contributed by atoms with Crippen LogP contribution in [0.2, 0.25) is 0 Å². The molecule has 1 N–H and O–H groups in total. The summed E-state index contributed by atoms with van der Waals surface area (Å²) in [5, 5.41) is 10.1. The van der Waals surface area contributed by atoms with E-state index >= 15 is 0 Å². The molecule has 17 heavy (non-hydrogen) atoms. The highest BCUT2D eigenvalue weighted by molar-refractivity contribution is 14.1. The molecular formula is C11H14ClIO3S. The van der Waals surface area contributed by atoms with Crippen LogP contribution in [0.3, 0.4) is 0 Å². The van der Waals surface area contributed by atoms with Gasteiger partial charge in [-0.25, -0.2) is 8.42 Å². The predicted molar refractivity (Wildman–Crippen MR) is 78.2 cm³/mol. The number of benzene rings is 1. The standard InChI is InChI=1S/C11H14ClIO3S/c1-3-17(15,16)11(12,13)10(14)9-6-4-5-8(2)7-9/h4-7,10,14H,3H2,1-2H3. The van der Waals surface area contributed by atoms with Crippen LogP contribution in [0.25, 0.3) is 0 Å². The van der Waals surface area contributed by atoms with Crippen LogP contribution in [-0.4, -0.2) is 21.5 Å². The van der Waals surface area contributed by atoms with E-state index in [2.05, 4.69) is 0 Å². The second kappa shape index (κ2) is 5.42. The molecule has 0 bridgehead atoms. The summed E-state index contributed by atoms with van der Waals surface area (Å²) < 4.78 is 21.9. The molecule has 1 aromatic rings. The van der Waals surface area contributed by atoms with Gasteiger partial charge in [-0.15, -0.1) is 0 Å². The van der Waals surface area contributed by atoms with E-state index in [0.717, 1.165) is 5.56 Å². The molecule has 0 saturated heterocycles. The Morgan fingerprint density at radius 3 is 2.59 bits per heavy atom. The number of aliphatic hydroxyl groups is 1. The molecule has 1 rings (SSSR count). The normalized spacial score (nSPS) is 17.5. The van der Waals surface area contributed by atoms with E-state index in [9.17, 15) is 13.5 Å². The van der Waals surface area contributed by atoms with Gasteiger partial charge in [-0.05, 0) is 35.1 Å². The molecule has 0 aliphatic heterocycles. The van der Waals surface area contributed by atoms with Crippen LogP contribution in [-0.2, 0) is 9.84 Å². The Balaban J connectivity index is 3.17. The second-order valence-electron chi connectivity index (χ2n) is 3.78. The van der Waals surface area contributed by atoms with Gasteiger partial charge in [0.05, 0.1) is 5.75 Å². The van der Waals surface area contributed by atoms with E-state index in [4.69, 9.17) is 11.6 Å². The third-order valence-corrected chi connectivity index (χ3v) is 7.80. The minimum absolute atomic E-state index is 0.109. The average Bonchev–Trinajstić information content (AvgIpc) is 2.27. The summed E-state index contributed by atoms with van der Waals surface area (Å²) in [6.07, 6.45) is -1.25. The number of rotatable bonds is 4. The quantitative estimate of drug-likeness (QED) is 0.637. The first-order valence-electron chi connectivity index (χ1n) is 5.07. The van der Waals surface area contributed by atoms with Crippen LogP contribution in [0.15, 0.2) is 24.3 Å². The van der Waals surface area contributed by atoms with Crippen LogP contribution in [0.5, 0.6) is 0 Å². The summed E-state index contributed by atoms with van der Waals surface area (Å²) >= 11 is 7.60. The van der Waals surface area contributed by atoms with E-state index in [1.165, 1.54) is 6.92 Å². The van der Waals surface area contributed by atoms with Crippen molar-refractivity contribution >= 4 is 44.0 Å². The van der Waals surface area contributed by atoms with Crippen LogP contribution in [0.4, 0.5) is 0 Å². The van der Waals surface area contributed by atoms with Crippen molar-refractivity contribution in [3.05, 3.63) is 35.4 Å². The van der Waals surface area contributed by atoms with Crippen LogP contribution >= 0.6 is 34.2 Å². The molecule has 96 valence electrons. The number of aryl methyl sites for hydroxylation is 1. The second-order valence-corrected chi connectivity index (χ2v) is 10.1. The molecule has 3 nitrogen and oxygen atoms in total. The highest BCUT2D eigenvalue weighted by atomic mass is 127. The lowest BCUT2D eigenvalue weighted by Gasteiger charge is -2.26. The molecule has 0 spiro atoms. The first kappa shape index (κ1) is 15.2. The molecule has 0 fully saturated rings. The zero-order valence-corrected chi connectivity index (χ0v) is 13.3. The summed E-state index contributed by atoms with van der Waals surface area (Å²) in [4.78, 5) is 0. The molecule has 0 amide bonds. The maximum absolute atomic E-state index is 11.8. The summed E-state index contributed by atoms with van der Waals surface area (Å²) in [7, 11) is -3.56. The smallest absolute Gasteiger partial charge is 0.225 e. The zero-order chi connectivity index (χ0) is 13.3. The SMILES string of the molecule is CCS(=O)(=O)C(Cl)(I)C(O)c1cccc(C)c1. The van der Waals surface area contributed by atoms with Gasteiger partial charge >= 0.3 is 0 Å². The highest BCUT2D eigenvalue weighted by Gasteiger charge is 2.45. The highest BCUT2D eigenvalue weighted by Crippen LogP contribution is 2.43. The number of alkyl halides is 2. The molecule has 1 aromatic carbocycles. The fourth-order valence-corrected chi connectivity index (χ4v) is 4.01. The minimum atomic E-state index is -3.56. The Kier molecular flexibility index (Phi) is 4.85. The third-order valence-electron chi connectivity index (χ3n) is 2.47. The van der Waals surface area contributed by atoms with Crippen molar-refractivity contribution in [2.75, 3.05) is 5.75 Å². The van der Waals surface area contributed by atoms with Crippen molar-refractivity contribution in [1.29, 1.82) is 0 Å². The lowest BCUT2D eigenvalue weighted by atomic mass is 10.1. The van der Waals surface area contributed by atoms with Crippen LogP contribution in [0, 0.1) is 6.92 Å². The molecule has 0 radical (unpaired) electrons. The lowest BCUT2D eigenvalue weighted by molar-refractivity contribution is 0.187. The Bertz CT molecular complexity index is 499. The molecule has 0 saturated carbocycles. The summed E-state index contributed by atoms with van der Waals surface area (Å²) in [5.74, 6) is -0.109. The fourth-order valence-electron chi connectivity index (χ4n) is 1.40. The number of hydrogen-bond acceptors (Lipinski definition) is 3. The van der Waals surface area contributed by atoms with Crippen molar-refractivity contribution < 1.29 is 13.5 Å². The van der Waals surface area contributed by atoms with Gasteiger partial charge in [0.25, 0.3) is 0 Å². The molecule has 6 heteroatoms. The van der Waals surface area contributed by atoms with Gasteiger partial charge in [0.1, 0.15) is 6.10 Å². The van der Waals surface area contributed by atoms with Crippen molar-refractivity contribution in [1.82, 2.24) is 0 Å². The number of halogens is 2. The van der Waals surface area contributed by atoms with Crippen molar-refractivity contribution in [2.24, 2.45) is 0 Å². The average molecular weight is 389 g/mol. The van der Waals surface area contributed by atoms with E-state index in [0.29, 0.717) is 5.56 Å². The van der Waals surface area contributed by atoms with Crippen molar-refractivity contribution in [3.8, 4) is 0 Å². The molecule has 0 aromatic heterocycles. The Hall–Kier alpha value is 0.150. The third kappa shape index (κ3) is 3.13. The van der Waals surface area contributed by atoms with Gasteiger partial charge in [0.15, 0.2) is 9.84 Å². The van der Waals surface area contributed by atoms with Gasteiger partial charge in [-0.1, -0.05) is 48.4 Å². The minimum Gasteiger partial charge on any atom is -0.385 e. The summed E-state index contributed by atoms with van der Waals surface area (Å²) in [5.41, 5.74) is 1.45. The van der Waals surface area contributed by atoms with E-state index in [-0.39, 0.29) is 5.75 Å².